The first-order valence-electron chi connectivity index (χ1n) is 6.29. The van der Waals surface area contributed by atoms with Gasteiger partial charge in [-0.1, -0.05) is 13.8 Å². The largest absolute Gasteiger partial charge is 0.461 e. The molecule has 2 rings (SSSR count). The van der Waals surface area contributed by atoms with E-state index in [2.05, 4.69) is 26.1 Å². The zero-order chi connectivity index (χ0) is 13.3. The predicted molar refractivity (Wildman–Crippen MR) is 72.3 cm³/mol. The molecule has 0 amide bonds. The van der Waals surface area contributed by atoms with Crippen molar-refractivity contribution in [3.63, 3.8) is 0 Å². The van der Waals surface area contributed by atoms with Crippen LogP contribution in [0.1, 0.15) is 33.0 Å². The highest BCUT2D eigenvalue weighted by Crippen LogP contribution is 2.33. The fourth-order valence-electron chi connectivity index (χ4n) is 2.32. The molecule has 0 bridgehead atoms. The van der Waals surface area contributed by atoms with Gasteiger partial charge in [0.2, 0.25) is 0 Å². The van der Waals surface area contributed by atoms with E-state index in [1.165, 1.54) is 12.1 Å². The van der Waals surface area contributed by atoms with Crippen molar-refractivity contribution in [2.45, 2.75) is 38.6 Å². The van der Waals surface area contributed by atoms with Crippen LogP contribution in [0.3, 0.4) is 0 Å². The summed E-state index contributed by atoms with van der Waals surface area (Å²) in [5.41, 5.74) is 0.675. The highest BCUT2D eigenvalue weighted by molar-refractivity contribution is 5.78. The minimum absolute atomic E-state index is 0.0715. The molecule has 1 atom stereocenters. The van der Waals surface area contributed by atoms with E-state index in [1.54, 1.807) is 6.07 Å². The van der Waals surface area contributed by atoms with Crippen LogP contribution in [0, 0.1) is 5.82 Å². The highest BCUT2D eigenvalue weighted by Gasteiger charge is 2.26. The van der Waals surface area contributed by atoms with Gasteiger partial charge in [-0.25, -0.2) is 4.39 Å². The lowest BCUT2D eigenvalue weighted by Gasteiger charge is -2.25. The first-order valence-corrected chi connectivity index (χ1v) is 6.29. The highest BCUT2D eigenvalue weighted by atomic mass is 19.1. The summed E-state index contributed by atoms with van der Waals surface area (Å²) in [4.78, 5) is 0. The van der Waals surface area contributed by atoms with Gasteiger partial charge in [0.15, 0.2) is 0 Å². The Morgan fingerprint density at radius 3 is 2.72 bits per heavy atom. The Morgan fingerprint density at radius 1 is 1.33 bits per heavy atom. The Kier molecular flexibility index (Phi) is 3.44. The van der Waals surface area contributed by atoms with Gasteiger partial charge in [0, 0.05) is 16.8 Å². The second-order valence-corrected chi connectivity index (χ2v) is 5.57. The predicted octanol–water partition coefficient (Wildman–Crippen LogP) is 3.85. The monoisotopic (exact) mass is 249 g/mol. The first kappa shape index (κ1) is 13.1. The average Bonchev–Trinajstić information content (AvgIpc) is 2.71. The molecule has 2 nitrogen and oxygen atoms in total. The molecule has 0 fully saturated rings. The molecule has 1 heterocycles. The molecule has 1 aromatic carbocycles. The van der Waals surface area contributed by atoms with Crippen LogP contribution in [0.5, 0.6) is 0 Å². The summed E-state index contributed by atoms with van der Waals surface area (Å²) in [6.07, 6.45) is 0.964. The number of halogens is 1. The number of hydrogen-bond donors (Lipinski definition) is 1. The van der Waals surface area contributed by atoms with Crippen molar-refractivity contribution in [3.05, 3.63) is 35.8 Å². The number of benzene rings is 1. The number of fused-ring (bicyclic) bond motifs is 1. The van der Waals surface area contributed by atoms with E-state index in [0.717, 1.165) is 23.2 Å². The first-order chi connectivity index (χ1) is 8.42. The van der Waals surface area contributed by atoms with E-state index < -0.39 is 0 Å². The van der Waals surface area contributed by atoms with Gasteiger partial charge in [-0.3, -0.25) is 0 Å². The van der Waals surface area contributed by atoms with Crippen LogP contribution in [-0.4, -0.2) is 13.1 Å². The van der Waals surface area contributed by atoms with Crippen LogP contribution in [0.2, 0.25) is 0 Å². The Bertz CT molecular complexity index is 544. The zero-order valence-corrected chi connectivity index (χ0v) is 11.4. The van der Waals surface area contributed by atoms with Gasteiger partial charge >= 0.3 is 0 Å². The van der Waals surface area contributed by atoms with Crippen LogP contribution in [-0.2, 0) is 5.41 Å². The molecule has 1 unspecified atom stereocenters. The molecule has 1 aromatic heterocycles. The van der Waals surface area contributed by atoms with E-state index in [0.29, 0.717) is 6.04 Å². The van der Waals surface area contributed by atoms with Crippen molar-refractivity contribution in [1.82, 2.24) is 5.32 Å². The minimum Gasteiger partial charge on any atom is -0.461 e. The van der Waals surface area contributed by atoms with Gasteiger partial charge in [0.25, 0.3) is 0 Å². The lowest BCUT2D eigenvalue weighted by atomic mass is 9.83. The van der Waals surface area contributed by atoms with E-state index in [9.17, 15) is 4.39 Å². The zero-order valence-electron chi connectivity index (χ0n) is 11.4. The molecule has 0 aliphatic rings. The summed E-state index contributed by atoms with van der Waals surface area (Å²) in [7, 11) is 1.95. The van der Waals surface area contributed by atoms with Crippen molar-refractivity contribution in [2.75, 3.05) is 7.05 Å². The Balaban J connectivity index is 2.35. The van der Waals surface area contributed by atoms with Gasteiger partial charge in [0.05, 0.1) is 0 Å². The molecule has 3 heteroatoms. The summed E-state index contributed by atoms with van der Waals surface area (Å²) in [6.45, 7) is 6.44. The average molecular weight is 249 g/mol. The number of rotatable bonds is 4. The molecule has 1 N–H and O–H groups in total. The third kappa shape index (κ3) is 2.56. The lowest BCUT2D eigenvalue weighted by molar-refractivity contribution is 0.341. The minimum atomic E-state index is -0.226. The summed E-state index contributed by atoms with van der Waals surface area (Å²) in [5, 5.41) is 4.06. The quantitative estimate of drug-likeness (QED) is 0.890. The summed E-state index contributed by atoms with van der Waals surface area (Å²) < 4.78 is 19.0. The van der Waals surface area contributed by atoms with Gasteiger partial charge in [0.1, 0.15) is 17.2 Å². The second-order valence-electron chi connectivity index (χ2n) is 5.57. The van der Waals surface area contributed by atoms with Crippen molar-refractivity contribution in [1.29, 1.82) is 0 Å². The molecule has 98 valence electrons. The van der Waals surface area contributed by atoms with Gasteiger partial charge < -0.3 is 9.73 Å². The van der Waals surface area contributed by atoms with Crippen molar-refractivity contribution in [3.8, 4) is 0 Å². The van der Waals surface area contributed by atoms with Crippen LogP contribution in [0.15, 0.2) is 28.7 Å². The van der Waals surface area contributed by atoms with Crippen LogP contribution in [0.4, 0.5) is 4.39 Å². The molecule has 18 heavy (non-hydrogen) atoms. The standard InChI is InChI=1S/C15H20FNO/c1-10(17-4)9-15(2,3)14-8-11-7-12(16)5-6-13(11)18-14/h5-8,10,17H,9H2,1-4H3. The smallest absolute Gasteiger partial charge is 0.134 e. The van der Waals surface area contributed by atoms with Crippen molar-refractivity contribution in [2.24, 2.45) is 0 Å². The fraction of sp³-hybridized carbons (Fsp3) is 0.467. The molecule has 2 aromatic rings. The third-order valence-electron chi connectivity index (χ3n) is 3.45. The van der Waals surface area contributed by atoms with E-state index in [-0.39, 0.29) is 11.2 Å². The lowest BCUT2D eigenvalue weighted by Crippen LogP contribution is -2.30. The van der Waals surface area contributed by atoms with Crippen LogP contribution < -0.4 is 5.32 Å². The maximum absolute atomic E-state index is 13.2. The summed E-state index contributed by atoms with van der Waals surface area (Å²) in [5.74, 6) is 0.682. The Hall–Kier alpha value is -1.35. The maximum Gasteiger partial charge on any atom is 0.134 e. The molecule has 0 saturated carbocycles. The third-order valence-corrected chi connectivity index (χ3v) is 3.45. The van der Waals surface area contributed by atoms with Crippen LogP contribution >= 0.6 is 0 Å². The van der Waals surface area contributed by atoms with E-state index in [4.69, 9.17) is 4.42 Å². The molecule has 0 saturated heterocycles. The summed E-state index contributed by atoms with van der Waals surface area (Å²) >= 11 is 0. The number of hydrogen-bond acceptors (Lipinski definition) is 2. The van der Waals surface area contributed by atoms with Gasteiger partial charge in [-0.2, -0.15) is 0 Å². The second kappa shape index (κ2) is 4.73. The number of furan rings is 1. The van der Waals surface area contributed by atoms with Gasteiger partial charge in [-0.05, 0) is 44.7 Å². The van der Waals surface area contributed by atoms with Gasteiger partial charge in [-0.15, -0.1) is 0 Å². The normalized spacial score (nSPS) is 14.1. The molecule has 0 aliphatic carbocycles. The van der Waals surface area contributed by atoms with E-state index >= 15 is 0 Å². The summed E-state index contributed by atoms with van der Waals surface area (Å²) in [6, 6.07) is 6.98. The SMILES string of the molecule is CNC(C)CC(C)(C)c1cc2cc(F)ccc2o1. The fourth-order valence-corrected chi connectivity index (χ4v) is 2.32. The van der Waals surface area contributed by atoms with Crippen LogP contribution in [0.25, 0.3) is 11.0 Å². The maximum atomic E-state index is 13.2. The topological polar surface area (TPSA) is 25.2 Å². The van der Waals surface area contributed by atoms with Crippen molar-refractivity contribution < 1.29 is 8.81 Å². The Morgan fingerprint density at radius 2 is 2.06 bits per heavy atom. The molecule has 0 aliphatic heterocycles. The molecule has 0 radical (unpaired) electrons. The van der Waals surface area contributed by atoms with Crippen molar-refractivity contribution >= 4 is 11.0 Å². The molecule has 0 spiro atoms. The Labute approximate surface area is 107 Å². The molecular formula is C15H20FNO. The van der Waals surface area contributed by atoms with E-state index in [1.807, 2.05) is 13.1 Å². The molecular weight excluding hydrogens is 229 g/mol. The number of nitrogens with one attached hydrogen (secondary N) is 1.